The van der Waals surface area contributed by atoms with Gasteiger partial charge in [0, 0.05) is 31.4 Å². The highest BCUT2D eigenvalue weighted by molar-refractivity contribution is 7.18. The smallest absolute Gasteiger partial charge is 0.341 e. The van der Waals surface area contributed by atoms with E-state index in [1.165, 1.54) is 5.56 Å². The van der Waals surface area contributed by atoms with Gasteiger partial charge in [0.1, 0.15) is 5.00 Å². The number of nitrogens with two attached hydrogens (primary N) is 1. The van der Waals surface area contributed by atoms with E-state index in [0.29, 0.717) is 27.5 Å². The lowest BCUT2D eigenvalue weighted by molar-refractivity contribution is 0.0527. The average Bonchev–Trinajstić information content (AvgIpc) is 3.16. The zero-order chi connectivity index (χ0) is 18.0. The number of nitrogens with one attached hydrogen (secondary N) is 1. The number of ether oxygens (including phenoxy) is 1. The van der Waals surface area contributed by atoms with Gasteiger partial charge in [-0.05, 0) is 25.0 Å². The fourth-order valence-corrected chi connectivity index (χ4v) is 4.13. The third-order valence-electron chi connectivity index (χ3n) is 4.28. The molecule has 0 saturated carbocycles. The van der Waals surface area contributed by atoms with Crippen LogP contribution in [0.1, 0.15) is 38.1 Å². The number of anilines is 2. The number of hydrogen-bond acceptors (Lipinski definition) is 6. The second-order valence-corrected chi connectivity index (χ2v) is 6.80. The number of benzene rings is 1. The Bertz CT molecular complexity index is 816. The molecule has 1 aromatic carbocycles. The van der Waals surface area contributed by atoms with E-state index in [-0.39, 0.29) is 12.5 Å². The highest BCUT2D eigenvalue weighted by Gasteiger charge is 2.29. The molecule has 1 aromatic heterocycles. The molecule has 2 heterocycles. The number of carbonyl (C=O) groups excluding carboxylic acids is 2. The number of amides is 1. The zero-order valence-corrected chi connectivity index (χ0v) is 15.1. The lowest BCUT2D eigenvalue weighted by Crippen LogP contribution is -2.25. The molecule has 0 atom stereocenters. The number of nitrogens with zero attached hydrogens (tertiary/aromatic N) is 1. The third-order valence-corrected chi connectivity index (χ3v) is 5.34. The van der Waals surface area contributed by atoms with E-state index in [1.807, 2.05) is 12.1 Å². The molecule has 132 valence electrons. The normalized spacial score (nSPS) is 12.8. The molecule has 0 saturated heterocycles. The van der Waals surface area contributed by atoms with Crippen molar-refractivity contribution in [1.29, 1.82) is 0 Å². The summed E-state index contributed by atoms with van der Waals surface area (Å²) in [7, 11) is 1.57. The van der Waals surface area contributed by atoms with E-state index in [1.54, 1.807) is 14.0 Å². The van der Waals surface area contributed by atoms with E-state index in [0.717, 1.165) is 30.0 Å². The topological polar surface area (TPSA) is 84.7 Å². The van der Waals surface area contributed by atoms with Crippen LogP contribution in [0.4, 0.5) is 10.7 Å². The van der Waals surface area contributed by atoms with Gasteiger partial charge in [-0.25, -0.2) is 4.79 Å². The first-order chi connectivity index (χ1) is 12.1. The quantitative estimate of drug-likeness (QED) is 0.801. The summed E-state index contributed by atoms with van der Waals surface area (Å²) in [5.41, 5.74) is 9.40. The fraction of sp³-hybridized carbons (Fsp3) is 0.333. The SMILES string of the molecule is CCOC(=O)c1c(N)sc(C(=O)NC)c1CN1CCc2ccccc21. The third kappa shape index (κ3) is 3.19. The van der Waals surface area contributed by atoms with Gasteiger partial charge in [-0.3, -0.25) is 4.79 Å². The summed E-state index contributed by atoms with van der Waals surface area (Å²) in [5.74, 6) is -0.719. The maximum atomic E-state index is 12.4. The van der Waals surface area contributed by atoms with Crippen molar-refractivity contribution in [2.24, 2.45) is 0 Å². The molecule has 25 heavy (non-hydrogen) atoms. The number of esters is 1. The monoisotopic (exact) mass is 359 g/mol. The van der Waals surface area contributed by atoms with E-state index >= 15 is 0 Å². The summed E-state index contributed by atoms with van der Waals surface area (Å²) in [6.07, 6.45) is 0.944. The second-order valence-electron chi connectivity index (χ2n) is 5.75. The molecule has 1 aliphatic rings. The Hall–Kier alpha value is -2.54. The minimum atomic E-state index is -0.478. The van der Waals surface area contributed by atoms with Gasteiger partial charge in [-0.1, -0.05) is 18.2 Å². The first-order valence-corrected chi connectivity index (χ1v) is 9.01. The summed E-state index contributed by atoms with van der Waals surface area (Å²) in [6.45, 7) is 3.29. The molecular weight excluding hydrogens is 338 g/mol. The number of hydrogen-bond donors (Lipinski definition) is 2. The number of fused-ring (bicyclic) bond motifs is 1. The van der Waals surface area contributed by atoms with Crippen LogP contribution in [0.25, 0.3) is 0 Å². The maximum absolute atomic E-state index is 12.4. The molecule has 0 bridgehead atoms. The molecule has 3 N–H and O–H groups in total. The fourth-order valence-electron chi connectivity index (χ4n) is 3.12. The van der Waals surface area contributed by atoms with Crippen LogP contribution in [-0.4, -0.2) is 32.1 Å². The number of para-hydroxylation sites is 1. The van der Waals surface area contributed by atoms with Gasteiger partial charge in [0.15, 0.2) is 0 Å². The van der Waals surface area contributed by atoms with Crippen molar-refractivity contribution in [2.45, 2.75) is 19.9 Å². The summed E-state index contributed by atoms with van der Waals surface area (Å²) in [6, 6.07) is 8.17. The van der Waals surface area contributed by atoms with Crippen molar-refractivity contribution in [2.75, 3.05) is 30.8 Å². The first kappa shape index (κ1) is 17.3. The minimum absolute atomic E-state index is 0.241. The van der Waals surface area contributed by atoms with Crippen molar-refractivity contribution >= 4 is 33.9 Å². The lowest BCUT2D eigenvalue weighted by atomic mass is 10.1. The Morgan fingerprint density at radius 1 is 1.36 bits per heavy atom. The minimum Gasteiger partial charge on any atom is -0.462 e. The summed E-state index contributed by atoms with van der Waals surface area (Å²) in [4.78, 5) is 27.3. The van der Waals surface area contributed by atoms with Crippen molar-refractivity contribution in [1.82, 2.24) is 5.32 Å². The Kier molecular flexibility index (Phi) is 4.94. The van der Waals surface area contributed by atoms with Crippen LogP contribution < -0.4 is 16.0 Å². The number of nitrogen functional groups attached to an aromatic ring is 1. The Morgan fingerprint density at radius 3 is 2.84 bits per heavy atom. The van der Waals surface area contributed by atoms with E-state index in [9.17, 15) is 9.59 Å². The van der Waals surface area contributed by atoms with E-state index in [2.05, 4.69) is 22.3 Å². The summed E-state index contributed by atoms with van der Waals surface area (Å²) < 4.78 is 5.15. The average molecular weight is 359 g/mol. The predicted octanol–water partition coefficient (Wildman–Crippen LogP) is 2.43. The molecule has 6 nitrogen and oxygen atoms in total. The number of carbonyl (C=O) groups is 2. The molecule has 1 aliphatic heterocycles. The van der Waals surface area contributed by atoms with Crippen LogP contribution in [0.3, 0.4) is 0 Å². The molecule has 0 unspecified atom stereocenters. The van der Waals surface area contributed by atoms with Gasteiger partial charge in [0.05, 0.1) is 17.0 Å². The molecule has 0 fully saturated rings. The number of thiophene rings is 1. The Balaban J connectivity index is 2.01. The van der Waals surface area contributed by atoms with Gasteiger partial charge >= 0.3 is 5.97 Å². The van der Waals surface area contributed by atoms with Crippen LogP contribution in [0, 0.1) is 0 Å². The maximum Gasteiger partial charge on any atom is 0.341 e. The number of rotatable bonds is 5. The zero-order valence-electron chi connectivity index (χ0n) is 14.3. The largest absolute Gasteiger partial charge is 0.462 e. The summed E-state index contributed by atoms with van der Waals surface area (Å²) >= 11 is 1.13. The molecule has 0 spiro atoms. The lowest BCUT2D eigenvalue weighted by Gasteiger charge is -2.20. The van der Waals surface area contributed by atoms with Crippen LogP contribution in [-0.2, 0) is 17.7 Å². The van der Waals surface area contributed by atoms with Gasteiger partial charge < -0.3 is 20.7 Å². The molecule has 1 amide bonds. The van der Waals surface area contributed by atoms with Gasteiger partial charge in [-0.15, -0.1) is 11.3 Å². The molecular formula is C18H21N3O3S. The van der Waals surface area contributed by atoms with Crippen LogP contribution in [0.2, 0.25) is 0 Å². The standard InChI is InChI=1S/C18H21N3O3S/c1-3-24-18(23)14-12(15(17(22)20-2)25-16(14)19)10-21-9-8-11-6-4-5-7-13(11)21/h4-7H,3,8-10,19H2,1-2H3,(H,20,22). The van der Waals surface area contributed by atoms with E-state index in [4.69, 9.17) is 10.5 Å². The summed E-state index contributed by atoms with van der Waals surface area (Å²) in [5, 5.41) is 2.94. The van der Waals surface area contributed by atoms with Gasteiger partial charge in [-0.2, -0.15) is 0 Å². The molecule has 7 heteroatoms. The van der Waals surface area contributed by atoms with Crippen molar-refractivity contribution in [3.05, 3.63) is 45.8 Å². The molecule has 2 aromatic rings. The Morgan fingerprint density at radius 2 is 2.12 bits per heavy atom. The Labute approximate surface area is 150 Å². The van der Waals surface area contributed by atoms with Crippen molar-refractivity contribution in [3.8, 4) is 0 Å². The first-order valence-electron chi connectivity index (χ1n) is 8.20. The van der Waals surface area contributed by atoms with Crippen molar-refractivity contribution < 1.29 is 14.3 Å². The highest BCUT2D eigenvalue weighted by atomic mass is 32.1. The van der Waals surface area contributed by atoms with Crippen LogP contribution >= 0.6 is 11.3 Å². The molecule has 0 radical (unpaired) electrons. The predicted molar refractivity (Wildman–Crippen MR) is 99.3 cm³/mol. The second kappa shape index (κ2) is 7.14. The van der Waals surface area contributed by atoms with Crippen molar-refractivity contribution in [3.63, 3.8) is 0 Å². The highest BCUT2D eigenvalue weighted by Crippen LogP contribution is 2.36. The van der Waals surface area contributed by atoms with Gasteiger partial charge in [0.25, 0.3) is 5.91 Å². The van der Waals surface area contributed by atoms with Gasteiger partial charge in [0.2, 0.25) is 0 Å². The van der Waals surface area contributed by atoms with E-state index < -0.39 is 5.97 Å². The molecule has 0 aliphatic carbocycles. The van der Waals surface area contributed by atoms with Crippen LogP contribution in [0.15, 0.2) is 24.3 Å². The molecule has 3 rings (SSSR count). The van der Waals surface area contributed by atoms with Crippen LogP contribution in [0.5, 0.6) is 0 Å².